The molecule has 0 aromatic heterocycles. The summed E-state index contributed by atoms with van der Waals surface area (Å²) in [5.41, 5.74) is 10.6. The van der Waals surface area contributed by atoms with Crippen molar-refractivity contribution in [1.82, 2.24) is 9.80 Å². The van der Waals surface area contributed by atoms with Gasteiger partial charge in [0.15, 0.2) is 0 Å². The van der Waals surface area contributed by atoms with E-state index < -0.39 is 0 Å². The second-order valence-corrected chi connectivity index (χ2v) is 16.3. The Hall–Kier alpha value is -2.60. The van der Waals surface area contributed by atoms with E-state index in [1.54, 1.807) is 28.0 Å². The first kappa shape index (κ1) is 22.8. The van der Waals surface area contributed by atoms with Gasteiger partial charge in [-0.25, -0.2) is 0 Å². The standard InChI is InChI=1S/C38H40N4O/c1-2-22-19-39-14-12-35-25-8-4-6-10-29(25)42-32(35)37(26(22)17-30(35)39)21-41-28-9-5-3-7-24(28)36-13-15-40-20-23-11-16-43-34(42)38(37,33(36)41)27(23)18-31(36)40/h2-11,26-27,30-34H,12-21H2,1H3. The molecule has 5 nitrogen and oxygen atoms in total. The van der Waals surface area contributed by atoms with Gasteiger partial charge in [0.1, 0.15) is 6.23 Å². The number of ether oxygens (including phenoxy) is 1. The second-order valence-electron chi connectivity index (χ2n) is 16.3. The van der Waals surface area contributed by atoms with E-state index in [2.05, 4.69) is 87.2 Å². The SMILES string of the molecule is CC=C1CN2CCC34c5ccccc5N5C3C3(CN6c7ccccc7C78CCN9CC%10=CCOC5C3(C%10CC97)C68)C1CC24. The first-order chi connectivity index (χ1) is 21.2. The minimum atomic E-state index is 0.0845. The maximum atomic E-state index is 7.51. The van der Waals surface area contributed by atoms with Gasteiger partial charge in [-0.2, -0.15) is 0 Å². The molecule has 11 atom stereocenters. The Labute approximate surface area is 254 Å². The number of benzene rings is 2. The van der Waals surface area contributed by atoms with E-state index in [1.165, 1.54) is 64.1 Å². The van der Waals surface area contributed by atoms with Crippen LogP contribution in [0.1, 0.15) is 43.7 Å². The molecule has 218 valence electrons. The van der Waals surface area contributed by atoms with Crippen LogP contribution < -0.4 is 9.80 Å². The number of rotatable bonds is 0. The molecule has 11 unspecified atom stereocenters. The quantitative estimate of drug-likeness (QED) is 0.429. The van der Waals surface area contributed by atoms with Gasteiger partial charge >= 0.3 is 0 Å². The summed E-state index contributed by atoms with van der Waals surface area (Å²) in [6.07, 6.45) is 10.6. The van der Waals surface area contributed by atoms with Crippen LogP contribution >= 0.6 is 0 Å². The molecule has 9 aliphatic heterocycles. The number of nitrogens with zero attached hydrogens (tertiary/aromatic N) is 4. The Morgan fingerprint density at radius 2 is 1.51 bits per heavy atom. The predicted octanol–water partition coefficient (Wildman–Crippen LogP) is 4.68. The largest absolute Gasteiger partial charge is 0.366 e. The van der Waals surface area contributed by atoms with Crippen LogP contribution in [0.3, 0.4) is 0 Å². The highest BCUT2D eigenvalue weighted by Gasteiger charge is 2.92. The first-order valence-electron chi connectivity index (χ1n) is 17.4. The van der Waals surface area contributed by atoms with Crippen molar-refractivity contribution in [3.63, 3.8) is 0 Å². The molecular weight excluding hydrogens is 528 g/mol. The van der Waals surface area contributed by atoms with Gasteiger partial charge in [0.05, 0.1) is 24.1 Å². The molecule has 2 saturated carbocycles. The van der Waals surface area contributed by atoms with Crippen LogP contribution in [0, 0.1) is 22.7 Å². The average molecular weight is 569 g/mol. The number of hydrogen-bond donors (Lipinski definition) is 0. The smallest absolute Gasteiger partial charge is 0.139 e. The van der Waals surface area contributed by atoms with Crippen LogP contribution in [0.4, 0.5) is 11.4 Å². The lowest BCUT2D eigenvalue weighted by Gasteiger charge is -2.67. The predicted molar refractivity (Wildman–Crippen MR) is 166 cm³/mol. The number of fused-ring (bicyclic) bond motifs is 6. The van der Waals surface area contributed by atoms with Crippen molar-refractivity contribution in [3.8, 4) is 0 Å². The molecule has 11 aliphatic rings. The summed E-state index contributed by atoms with van der Waals surface area (Å²) in [5.74, 6) is 1.24. The molecule has 4 bridgehead atoms. The van der Waals surface area contributed by atoms with Gasteiger partial charge in [-0.15, -0.1) is 0 Å². The Kier molecular flexibility index (Phi) is 3.54. The molecule has 6 saturated heterocycles. The Balaban J connectivity index is 1.21. The van der Waals surface area contributed by atoms with Crippen LogP contribution in [-0.2, 0) is 15.6 Å². The monoisotopic (exact) mass is 568 g/mol. The number of anilines is 2. The molecule has 5 heteroatoms. The summed E-state index contributed by atoms with van der Waals surface area (Å²) in [5, 5.41) is 0. The van der Waals surface area contributed by atoms with Gasteiger partial charge in [-0.05, 0) is 80.8 Å². The lowest BCUT2D eigenvalue weighted by molar-refractivity contribution is -0.154. The van der Waals surface area contributed by atoms with Crippen molar-refractivity contribution in [2.45, 2.75) is 73.8 Å². The van der Waals surface area contributed by atoms with E-state index in [0.29, 0.717) is 36.0 Å². The third kappa shape index (κ3) is 1.88. The van der Waals surface area contributed by atoms with Crippen molar-refractivity contribution in [1.29, 1.82) is 0 Å². The lowest BCUT2D eigenvalue weighted by Crippen LogP contribution is -2.74. The number of piperidine rings is 2. The molecule has 0 amide bonds. The van der Waals surface area contributed by atoms with Crippen LogP contribution in [-0.4, -0.2) is 79.5 Å². The summed E-state index contributed by atoms with van der Waals surface area (Å²) < 4.78 is 7.51. The molecule has 2 aromatic rings. The van der Waals surface area contributed by atoms with E-state index in [4.69, 9.17) is 4.74 Å². The van der Waals surface area contributed by atoms with Crippen molar-refractivity contribution in [2.24, 2.45) is 22.7 Å². The van der Waals surface area contributed by atoms with Gasteiger partial charge in [0, 0.05) is 59.3 Å². The molecular formula is C38H40N4O. The van der Waals surface area contributed by atoms with E-state index in [1.807, 2.05) is 0 Å². The van der Waals surface area contributed by atoms with Crippen molar-refractivity contribution >= 4 is 11.4 Å². The Morgan fingerprint density at radius 3 is 2.33 bits per heavy atom. The normalized spacial score (nSPS) is 52.3. The van der Waals surface area contributed by atoms with E-state index >= 15 is 0 Å². The molecule has 13 rings (SSSR count). The maximum absolute atomic E-state index is 7.51. The summed E-state index contributed by atoms with van der Waals surface area (Å²) in [4.78, 5) is 11.9. The zero-order valence-electron chi connectivity index (χ0n) is 25.1. The number of allylic oxidation sites excluding steroid dienone is 1. The third-order valence-corrected chi connectivity index (χ3v) is 16.3. The highest BCUT2D eigenvalue weighted by molar-refractivity contribution is 5.77. The van der Waals surface area contributed by atoms with Crippen LogP contribution in [0.2, 0.25) is 0 Å². The van der Waals surface area contributed by atoms with Gasteiger partial charge < -0.3 is 14.5 Å². The van der Waals surface area contributed by atoms with Crippen LogP contribution in [0.15, 0.2) is 71.8 Å². The van der Waals surface area contributed by atoms with Gasteiger partial charge in [0.25, 0.3) is 0 Å². The van der Waals surface area contributed by atoms with E-state index in [0.717, 1.165) is 6.61 Å². The minimum Gasteiger partial charge on any atom is -0.366 e. The highest BCUT2D eigenvalue weighted by atomic mass is 16.5. The molecule has 2 aromatic carbocycles. The maximum Gasteiger partial charge on any atom is 0.139 e. The number of hydrogen-bond acceptors (Lipinski definition) is 5. The highest BCUT2D eigenvalue weighted by Crippen LogP contribution is 2.85. The Morgan fingerprint density at radius 1 is 0.814 bits per heavy atom. The van der Waals surface area contributed by atoms with Gasteiger partial charge in [0.2, 0.25) is 0 Å². The van der Waals surface area contributed by atoms with E-state index in [9.17, 15) is 0 Å². The first-order valence-corrected chi connectivity index (χ1v) is 17.4. The molecule has 2 aliphatic carbocycles. The molecule has 0 N–H and O–H groups in total. The number of para-hydroxylation sites is 2. The molecule has 9 heterocycles. The summed E-state index contributed by atoms with van der Waals surface area (Å²) >= 11 is 0. The molecule has 43 heavy (non-hydrogen) atoms. The molecule has 8 fully saturated rings. The fourth-order valence-corrected chi connectivity index (χ4v) is 15.8. The van der Waals surface area contributed by atoms with Crippen molar-refractivity contribution in [3.05, 3.63) is 83.0 Å². The molecule has 0 radical (unpaired) electrons. The van der Waals surface area contributed by atoms with Crippen LogP contribution in [0.5, 0.6) is 0 Å². The van der Waals surface area contributed by atoms with Crippen LogP contribution in [0.25, 0.3) is 0 Å². The average Bonchev–Trinajstić information content (AvgIpc) is 3.83. The van der Waals surface area contributed by atoms with Gasteiger partial charge in [-0.1, -0.05) is 59.7 Å². The molecule has 4 spiro atoms. The lowest BCUT2D eigenvalue weighted by atomic mass is 9.37. The summed E-state index contributed by atoms with van der Waals surface area (Å²) in [6, 6.07) is 21.8. The fraction of sp³-hybridized carbons (Fsp3) is 0.579. The summed E-state index contributed by atoms with van der Waals surface area (Å²) in [7, 11) is 0. The fourth-order valence-electron chi connectivity index (χ4n) is 15.8. The van der Waals surface area contributed by atoms with Crippen molar-refractivity contribution in [2.75, 3.05) is 49.1 Å². The van der Waals surface area contributed by atoms with Crippen molar-refractivity contribution < 1.29 is 4.74 Å². The van der Waals surface area contributed by atoms with Gasteiger partial charge in [-0.3, -0.25) is 9.80 Å². The summed E-state index contributed by atoms with van der Waals surface area (Å²) in [6.45, 7) is 9.19. The Bertz CT molecular complexity index is 1770. The third-order valence-electron chi connectivity index (χ3n) is 16.3. The minimum absolute atomic E-state index is 0.0845. The van der Waals surface area contributed by atoms with E-state index in [-0.39, 0.29) is 27.9 Å². The zero-order chi connectivity index (χ0) is 27.7. The second kappa shape index (κ2) is 6.66. The topological polar surface area (TPSA) is 22.2 Å². The zero-order valence-corrected chi connectivity index (χ0v) is 25.1.